The van der Waals surface area contributed by atoms with Gasteiger partial charge in [-0.1, -0.05) is 36.4 Å². The lowest BCUT2D eigenvalue weighted by Crippen LogP contribution is -2.33. The van der Waals surface area contributed by atoms with Crippen molar-refractivity contribution in [3.05, 3.63) is 59.7 Å². The third-order valence-electron chi connectivity index (χ3n) is 5.16. The van der Waals surface area contributed by atoms with E-state index in [1.807, 2.05) is 42.5 Å². The summed E-state index contributed by atoms with van der Waals surface area (Å²) in [5.74, 6) is 0.894. The van der Waals surface area contributed by atoms with E-state index in [-0.39, 0.29) is 31.4 Å². The summed E-state index contributed by atoms with van der Waals surface area (Å²) in [7, 11) is 0. The third kappa shape index (κ3) is 4.53. The van der Waals surface area contributed by atoms with Gasteiger partial charge in [-0.25, -0.2) is 4.79 Å². The first-order valence-electron chi connectivity index (χ1n) is 9.91. The summed E-state index contributed by atoms with van der Waals surface area (Å²) in [6.45, 7) is 0.875. The highest BCUT2D eigenvalue weighted by Gasteiger charge is 2.37. The van der Waals surface area contributed by atoms with Gasteiger partial charge in [-0.3, -0.25) is 14.5 Å². The summed E-state index contributed by atoms with van der Waals surface area (Å²) in [5, 5.41) is 5.50. The average molecular weight is 409 g/mol. The smallest absolute Gasteiger partial charge is 0.324 e. The van der Waals surface area contributed by atoms with Crippen LogP contribution < -0.4 is 20.1 Å². The summed E-state index contributed by atoms with van der Waals surface area (Å²) in [6.07, 6.45) is 1.01. The number of nitrogens with one attached hydrogen (secondary N) is 2. The zero-order valence-electron chi connectivity index (χ0n) is 16.4. The highest BCUT2D eigenvalue weighted by atomic mass is 16.7. The Labute approximate surface area is 174 Å². The monoisotopic (exact) mass is 409 g/mol. The predicted octanol–water partition coefficient (Wildman–Crippen LogP) is 1.97. The molecule has 1 atom stereocenters. The van der Waals surface area contributed by atoms with Crippen molar-refractivity contribution in [2.45, 2.75) is 31.8 Å². The van der Waals surface area contributed by atoms with Crippen LogP contribution in [0.3, 0.4) is 0 Å². The molecule has 2 aliphatic rings. The maximum Gasteiger partial charge on any atom is 0.324 e. The van der Waals surface area contributed by atoms with Crippen molar-refractivity contribution < 1.29 is 23.9 Å². The van der Waals surface area contributed by atoms with Crippen molar-refractivity contribution in [3.63, 3.8) is 0 Å². The molecule has 0 radical (unpaired) electrons. The molecule has 1 saturated heterocycles. The number of ether oxygens (including phenoxy) is 2. The van der Waals surface area contributed by atoms with Gasteiger partial charge in [-0.2, -0.15) is 0 Å². The first-order valence-corrected chi connectivity index (χ1v) is 9.91. The van der Waals surface area contributed by atoms with Gasteiger partial charge in [0.2, 0.25) is 12.7 Å². The number of fused-ring (bicyclic) bond motifs is 1. The van der Waals surface area contributed by atoms with Crippen LogP contribution in [0.1, 0.15) is 24.0 Å². The Morgan fingerprint density at radius 1 is 1.07 bits per heavy atom. The van der Waals surface area contributed by atoms with Crippen molar-refractivity contribution in [3.8, 4) is 11.5 Å². The fourth-order valence-electron chi connectivity index (χ4n) is 3.49. The summed E-state index contributed by atoms with van der Waals surface area (Å²) < 4.78 is 10.6. The van der Waals surface area contributed by atoms with E-state index >= 15 is 0 Å². The third-order valence-corrected chi connectivity index (χ3v) is 5.16. The van der Waals surface area contributed by atoms with Crippen LogP contribution in [-0.2, 0) is 22.6 Å². The molecule has 30 heavy (non-hydrogen) atoms. The molecule has 0 saturated carbocycles. The summed E-state index contributed by atoms with van der Waals surface area (Å²) in [4.78, 5) is 38.1. The van der Waals surface area contributed by atoms with E-state index < -0.39 is 12.1 Å². The number of imide groups is 1. The molecular formula is C22H23N3O5. The number of amides is 4. The second-order valence-electron chi connectivity index (χ2n) is 7.23. The molecule has 0 spiro atoms. The van der Waals surface area contributed by atoms with Crippen LogP contribution in [0.25, 0.3) is 0 Å². The number of hydrogen-bond acceptors (Lipinski definition) is 5. The molecule has 2 heterocycles. The molecule has 0 bridgehead atoms. The highest BCUT2D eigenvalue weighted by molar-refractivity contribution is 6.04. The van der Waals surface area contributed by atoms with Crippen LogP contribution in [0.4, 0.5) is 4.79 Å². The van der Waals surface area contributed by atoms with Crippen molar-refractivity contribution in [2.75, 3.05) is 13.3 Å². The lowest BCUT2D eigenvalue weighted by atomic mass is 10.1. The second-order valence-corrected chi connectivity index (χ2v) is 7.23. The molecule has 8 nitrogen and oxygen atoms in total. The number of urea groups is 1. The SMILES string of the molecule is O=C(CCC1NC(=O)N(CCc2ccccc2)C1=O)NCc1ccc2c(c1)OCO2. The van der Waals surface area contributed by atoms with Gasteiger partial charge >= 0.3 is 6.03 Å². The zero-order chi connectivity index (χ0) is 20.9. The minimum Gasteiger partial charge on any atom is -0.454 e. The fraction of sp³-hybridized carbons (Fsp3) is 0.318. The maximum absolute atomic E-state index is 12.5. The first kappa shape index (κ1) is 19.8. The van der Waals surface area contributed by atoms with E-state index in [9.17, 15) is 14.4 Å². The first-order chi connectivity index (χ1) is 14.6. The highest BCUT2D eigenvalue weighted by Crippen LogP contribution is 2.32. The summed E-state index contributed by atoms with van der Waals surface area (Å²) in [6, 6.07) is 14.1. The van der Waals surface area contributed by atoms with E-state index in [1.165, 1.54) is 4.90 Å². The van der Waals surface area contributed by atoms with Crippen LogP contribution in [-0.4, -0.2) is 42.1 Å². The van der Waals surface area contributed by atoms with Crippen LogP contribution in [0, 0.1) is 0 Å². The molecule has 2 aromatic rings. The van der Waals surface area contributed by atoms with Gasteiger partial charge in [-0.15, -0.1) is 0 Å². The molecule has 2 aliphatic heterocycles. The molecule has 0 aromatic heterocycles. The molecule has 156 valence electrons. The van der Waals surface area contributed by atoms with Gasteiger partial charge in [0.05, 0.1) is 0 Å². The van der Waals surface area contributed by atoms with Crippen LogP contribution in [0.15, 0.2) is 48.5 Å². The Morgan fingerprint density at radius 3 is 2.70 bits per heavy atom. The lowest BCUT2D eigenvalue weighted by molar-refractivity contribution is -0.127. The Balaban J connectivity index is 1.22. The summed E-state index contributed by atoms with van der Waals surface area (Å²) in [5.41, 5.74) is 1.95. The molecule has 4 amide bonds. The zero-order valence-corrected chi connectivity index (χ0v) is 16.4. The van der Waals surface area contributed by atoms with Crippen LogP contribution in [0.5, 0.6) is 11.5 Å². The van der Waals surface area contributed by atoms with Crippen molar-refractivity contribution in [1.82, 2.24) is 15.5 Å². The lowest BCUT2D eigenvalue weighted by Gasteiger charge is -2.13. The molecule has 0 aliphatic carbocycles. The van der Waals surface area contributed by atoms with E-state index in [0.717, 1.165) is 11.1 Å². The van der Waals surface area contributed by atoms with Gasteiger partial charge in [0.1, 0.15) is 6.04 Å². The molecule has 2 N–H and O–H groups in total. The Morgan fingerprint density at radius 2 is 1.87 bits per heavy atom. The molecule has 1 unspecified atom stereocenters. The number of benzene rings is 2. The standard InChI is InChI=1S/C22H23N3O5/c26-20(23-13-16-6-8-18-19(12-16)30-14-29-18)9-7-17-21(27)25(22(28)24-17)11-10-15-4-2-1-3-5-15/h1-6,8,12,17H,7,9-11,13-14H2,(H,23,26)(H,24,28). The largest absolute Gasteiger partial charge is 0.454 e. The number of carbonyl (C=O) groups is 3. The van der Waals surface area contributed by atoms with Gasteiger partial charge < -0.3 is 20.1 Å². The minimum absolute atomic E-state index is 0.147. The number of carbonyl (C=O) groups excluding carboxylic acids is 3. The molecule has 2 aromatic carbocycles. The normalized spacial score (nSPS) is 17.2. The average Bonchev–Trinajstić information content (AvgIpc) is 3.33. The minimum atomic E-state index is -0.662. The van der Waals surface area contributed by atoms with Crippen molar-refractivity contribution in [1.29, 1.82) is 0 Å². The Bertz CT molecular complexity index is 947. The fourth-order valence-corrected chi connectivity index (χ4v) is 3.49. The Kier molecular flexibility index (Phi) is 5.83. The number of rotatable bonds is 8. The number of nitrogens with zero attached hydrogens (tertiary/aromatic N) is 1. The van der Waals surface area contributed by atoms with E-state index in [1.54, 1.807) is 6.07 Å². The molecule has 4 rings (SSSR count). The van der Waals surface area contributed by atoms with Gasteiger partial charge in [0, 0.05) is 19.5 Å². The molecular weight excluding hydrogens is 386 g/mol. The number of hydrogen-bond donors (Lipinski definition) is 2. The van der Waals surface area contributed by atoms with Gasteiger partial charge in [0.15, 0.2) is 11.5 Å². The van der Waals surface area contributed by atoms with Gasteiger partial charge in [0.25, 0.3) is 5.91 Å². The second kappa shape index (κ2) is 8.86. The van der Waals surface area contributed by atoms with E-state index in [4.69, 9.17) is 9.47 Å². The Hall–Kier alpha value is -3.55. The van der Waals surface area contributed by atoms with Crippen molar-refractivity contribution in [2.24, 2.45) is 0 Å². The van der Waals surface area contributed by atoms with Crippen molar-refractivity contribution >= 4 is 17.8 Å². The van der Waals surface area contributed by atoms with Crippen LogP contribution in [0.2, 0.25) is 0 Å². The topological polar surface area (TPSA) is 97.0 Å². The molecule has 1 fully saturated rings. The predicted molar refractivity (Wildman–Crippen MR) is 108 cm³/mol. The van der Waals surface area contributed by atoms with Crippen LogP contribution >= 0.6 is 0 Å². The summed E-state index contributed by atoms with van der Waals surface area (Å²) >= 11 is 0. The van der Waals surface area contributed by atoms with Gasteiger partial charge in [-0.05, 0) is 36.1 Å². The quantitative estimate of drug-likeness (QED) is 0.650. The molecule has 8 heteroatoms. The van der Waals surface area contributed by atoms with E-state index in [2.05, 4.69) is 10.6 Å². The maximum atomic E-state index is 12.5. The van der Waals surface area contributed by atoms with E-state index in [0.29, 0.717) is 31.0 Å².